The minimum absolute atomic E-state index is 0.856. The molecule has 1 aliphatic rings. The predicted molar refractivity (Wildman–Crippen MR) is 77.7 cm³/mol. The van der Waals surface area contributed by atoms with Crippen molar-refractivity contribution in [2.75, 3.05) is 45.0 Å². The van der Waals surface area contributed by atoms with Gasteiger partial charge in [0, 0.05) is 31.9 Å². The summed E-state index contributed by atoms with van der Waals surface area (Å²) in [5.74, 6) is 0. The number of nitrogen functional groups attached to an aromatic ring is 1. The normalized spacial score (nSPS) is 18.1. The topological polar surface area (TPSA) is 32.5 Å². The van der Waals surface area contributed by atoms with Gasteiger partial charge in [0.2, 0.25) is 0 Å². The second kappa shape index (κ2) is 6.76. The molecule has 1 saturated heterocycles. The van der Waals surface area contributed by atoms with E-state index in [1.54, 1.807) is 0 Å². The van der Waals surface area contributed by atoms with E-state index < -0.39 is 0 Å². The van der Waals surface area contributed by atoms with Crippen LogP contribution in [0.25, 0.3) is 0 Å². The highest BCUT2D eigenvalue weighted by molar-refractivity contribution is 5.39. The van der Waals surface area contributed by atoms with Gasteiger partial charge in [0.1, 0.15) is 0 Å². The summed E-state index contributed by atoms with van der Waals surface area (Å²) in [7, 11) is 0. The van der Waals surface area contributed by atoms with Gasteiger partial charge in [-0.05, 0) is 43.6 Å². The SMILES string of the molecule is CCN1CCN(CCCc2ccc(N)cc2)CC1. The lowest BCUT2D eigenvalue weighted by molar-refractivity contribution is 0.136. The Balaban J connectivity index is 1.65. The van der Waals surface area contributed by atoms with E-state index in [1.165, 1.54) is 51.3 Å². The fourth-order valence-electron chi connectivity index (χ4n) is 2.52. The zero-order valence-corrected chi connectivity index (χ0v) is 11.4. The molecule has 1 fully saturated rings. The standard InChI is InChI=1S/C15H25N3/c1-2-17-10-12-18(13-11-17)9-3-4-14-5-7-15(16)8-6-14/h5-8H,2-4,9-13,16H2,1H3. The molecular formula is C15H25N3. The van der Waals surface area contributed by atoms with Crippen LogP contribution in [0.2, 0.25) is 0 Å². The number of nitrogens with two attached hydrogens (primary N) is 1. The lowest BCUT2D eigenvalue weighted by Crippen LogP contribution is -2.46. The van der Waals surface area contributed by atoms with E-state index in [2.05, 4.69) is 28.9 Å². The highest BCUT2D eigenvalue weighted by Gasteiger charge is 2.14. The Labute approximate surface area is 111 Å². The minimum atomic E-state index is 0.856. The number of hydrogen-bond donors (Lipinski definition) is 1. The minimum Gasteiger partial charge on any atom is -0.399 e. The molecule has 1 aliphatic heterocycles. The highest BCUT2D eigenvalue weighted by atomic mass is 15.3. The summed E-state index contributed by atoms with van der Waals surface area (Å²) in [6.45, 7) is 9.60. The summed E-state index contributed by atoms with van der Waals surface area (Å²) in [5.41, 5.74) is 7.94. The van der Waals surface area contributed by atoms with Crippen molar-refractivity contribution in [2.45, 2.75) is 19.8 Å². The maximum Gasteiger partial charge on any atom is 0.0314 e. The number of likely N-dealkylation sites (N-methyl/N-ethyl adjacent to an activating group) is 1. The third-order valence-corrected chi connectivity index (χ3v) is 3.83. The Morgan fingerprint density at radius 1 is 1.00 bits per heavy atom. The average molecular weight is 247 g/mol. The fraction of sp³-hybridized carbons (Fsp3) is 0.600. The van der Waals surface area contributed by atoms with E-state index in [9.17, 15) is 0 Å². The van der Waals surface area contributed by atoms with Crippen molar-refractivity contribution in [1.82, 2.24) is 9.80 Å². The van der Waals surface area contributed by atoms with Gasteiger partial charge < -0.3 is 15.5 Å². The molecule has 100 valence electrons. The maximum atomic E-state index is 5.69. The third kappa shape index (κ3) is 4.00. The van der Waals surface area contributed by atoms with E-state index >= 15 is 0 Å². The molecule has 0 saturated carbocycles. The molecule has 0 atom stereocenters. The Kier molecular flexibility index (Phi) is 5.02. The van der Waals surface area contributed by atoms with Crippen LogP contribution in [0.5, 0.6) is 0 Å². The van der Waals surface area contributed by atoms with E-state index in [4.69, 9.17) is 5.73 Å². The first kappa shape index (κ1) is 13.4. The van der Waals surface area contributed by atoms with Crippen LogP contribution in [0, 0.1) is 0 Å². The number of piperazine rings is 1. The highest BCUT2D eigenvalue weighted by Crippen LogP contribution is 2.09. The van der Waals surface area contributed by atoms with Gasteiger partial charge in [0.05, 0.1) is 0 Å². The first-order valence-electron chi connectivity index (χ1n) is 7.07. The lowest BCUT2D eigenvalue weighted by atomic mass is 10.1. The van der Waals surface area contributed by atoms with Crippen LogP contribution >= 0.6 is 0 Å². The third-order valence-electron chi connectivity index (χ3n) is 3.83. The van der Waals surface area contributed by atoms with Crippen molar-refractivity contribution in [1.29, 1.82) is 0 Å². The van der Waals surface area contributed by atoms with Gasteiger partial charge in [-0.1, -0.05) is 19.1 Å². The van der Waals surface area contributed by atoms with Crippen LogP contribution in [-0.4, -0.2) is 49.1 Å². The van der Waals surface area contributed by atoms with Crippen LogP contribution in [0.1, 0.15) is 18.9 Å². The van der Waals surface area contributed by atoms with Gasteiger partial charge in [0.15, 0.2) is 0 Å². The number of rotatable bonds is 5. The Morgan fingerprint density at radius 3 is 2.22 bits per heavy atom. The van der Waals surface area contributed by atoms with E-state index in [1.807, 2.05) is 12.1 Å². The van der Waals surface area contributed by atoms with Gasteiger partial charge in [0.25, 0.3) is 0 Å². The van der Waals surface area contributed by atoms with Gasteiger partial charge in [-0.25, -0.2) is 0 Å². The second-order valence-corrected chi connectivity index (χ2v) is 5.12. The molecule has 0 radical (unpaired) electrons. The Hall–Kier alpha value is -1.06. The molecule has 3 nitrogen and oxygen atoms in total. The summed E-state index contributed by atoms with van der Waals surface area (Å²) in [5, 5.41) is 0. The second-order valence-electron chi connectivity index (χ2n) is 5.12. The Bertz CT molecular complexity index is 339. The molecule has 0 unspecified atom stereocenters. The van der Waals surface area contributed by atoms with E-state index in [0.29, 0.717) is 0 Å². The van der Waals surface area contributed by atoms with Crippen molar-refractivity contribution >= 4 is 5.69 Å². The lowest BCUT2D eigenvalue weighted by Gasteiger charge is -2.33. The largest absolute Gasteiger partial charge is 0.399 e. The summed E-state index contributed by atoms with van der Waals surface area (Å²) in [6.07, 6.45) is 2.41. The van der Waals surface area contributed by atoms with Gasteiger partial charge in [-0.15, -0.1) is 0 Å². The average Bonchev–Trinajstić information content (AvgIpc) is 2.42. The molecule has 1 heterocycles. The summed E-state index contributed by atoms with van der Waals surface area (Å²) < 4.78 is 0. The maximum absolute atomic E-state index is 5.69. The number of anilines is 1. The molecule has 0 amide bonds. The molecule has 2 N–H and O–H groups in total. The van der Waals surface area contributed by atoms with E-state index in [-0.39, 0.29) is 0 Å². The molecule has 3 heteroatoms. The van der Waals surface area contributed by atoms with Gasteiger partial charge in [-0.3, -0.25) is 0 Å². The van der Waals surface area contributed by atoms with Gasteiger partial charge >= 0.3 is 0 Å². The number of aryl methyl sites for hydroxylation is 1. The predicted octanol–water partition coefficient (Wildman–Crippen LogP) is 1.84. The summed E-state index contributed by atoms with van der Waals surface area (Å²) in [6, 6.07) is 8.28. The van der Waals surface area contributed by atoms with Crippen LogP contribution in [0.15, 0.2) is 24.3 Å². The molecule has 18 heavy (non-hydrogen) atoms. The van der Waals surface area contributed by atoms with Crippen LogP contribution in [0.3, 0.4) is 0 Å². The number of hydrogen-bond acceptors (Lipinski definition) is 3. The van der Waals surface area contributed by atoms with Crippen LogP contribution in [-0.2, 0) is 6.42 Å². The smallest absolute Gasteiger partial charge is 0.0314 e. The molecule has 0 spiro atoms. The fourth-order valence-corrected chi connectivity index (χ4v) is 2.52. The van der Waals surface area contributed by atoms with Crippen molar-refractivity contribution in [3.63, 3.8) is 0 Å². The van der Waals surface area contributed by atoms with Crippen molar-refractivity contribution in [3.05, 3.63) is 29.8 Å². The molecule has 0 aromatic heterocycles. The quantitative estimate of drug-likeness (QED) is 0.806. The number of nitrogens with zero attached hydrogens (tertiary/aromatic N) is 2. The number of benzene rings is 1. The first-order chi connectivity index (χ1) is 8.78. The molecule has 2 rings (SSSR count). The summed E-state index contributed by atoms with van der Waals surface area (Å²) >= 11 is 0. The summed E-state index contributed by atoms with van der Waals surface area (Å²) in [4.78, 5) is 5.11. The molecule has 0 bridgehead atoms. The van der Waals surface area contributed by atoms with Crippen molar-refractivity contribution in [3.8, 4) is 0 Å². The van der Waals surface area contributed by atoms with Gasteiger partial charge in [-0.2, -0.15) is 0 Å². The van der Waals surface area contributed by atoms with Crippen LogP contribution < -0.4 is 5.73 Å². The van der Waals surface area contributed by atoms with Crippen LogP contribution in [0.4, 0.5) is 5.69 Å². The zero-order valence-electron chi connectivity index (χ0n) is 11.4. The molecule has 0 aliphatic carbocycles. The molecule has 1 aromatic rings. The molecular weight excluding hydrogens is 222 g/mol. The Morgan fingerprint density at radius 2 is 1.61 bits per heavy atom. The van der Waals surface area contributed by atoms with Crippen molar-refractivity contribution in [2.24, 2.45) is 0 Å². The van der Waals surface area contributed by atoms with Crippen molar-refractivity contribution < 1.29 is 0 Å². The molecule has 1 aromatic carbocycles. The monoisotopic (exact) mass is 247 g/mol. The van der Waals surface area contributed by atoms with E-state index in [0.717, 1.165) is 12.1 Å². The first-order valence-corrected chi connectivity index (χ1v) is 7.07. The zero-order chi connectivity index (χ0) is 12.8.